The van der Waals surface area contributed by atoms with Gasteiger partial charge >= 0.3 is 0 Å². The van der Waals surface area contributed by atoms with Crippen molar-refractivity contribution in [2.24, 2.45) is 0 Å². The molecule has 0 aliphatic heterocycles. The molecule has 0 atom stereocenters. The molecule has 0 unspecified atom stereocenters. The van der Waals surface area contributed by atoms with Crippen LogP contribution in [0.25, 0.3) is 10.6 Å². The third-order valence-corrected chi connectivity index (χ3v) is 3.13. The Balaban J connectivity index is 2.02. The van der Waals surface area contributed by atoms with Gasteiger partial charge in [0.05, 0.1) is 18.1 Å². The number of hydrogen-bond acceptors (Lipinski definition) is 5. The van der Waals surface area contributed by atoms with E-state index < -0.39 is 0 Å². The summed E-state index contributed by atoms with van der Waals surface area (Å²) in [6, 6.07) is 1.93. The van der Waals surface area contributed by atoms with Crippen LogP contribution in [-0.4, -0.2) is 28.3 Å². The van der Waals surface area contributed by atoms with Gasteiger partial charge in [-0.1, -0.05) is 6.92 Å². The van der Waals surface area contributed by atoms with Gasteiger partial charge in [-0.25, -0.2) is 4.98 Å². The summed E-state index contributed by atoms with van der Waals surface area (Å²) in [5, 5.41) is 14.0. The highest BCUT2D eigenvalue weighted by atomic mass is 32.1. The summed E-state index contributed by atoms with van der Waals surface area (Å²) in [5.74, 6) is 0. The highest BCUT2D eigenvalue weighted by molar-refractivity contribution is 7.13. The Labute approximate surface area is 98.8 Å². The maximum absolute atomic E-state index is 4.56. The minimum atomic E-state index is 0.975. The van der Waals surface area contributed by atoms with E-state index in [1.807, 2.05) is 6.07 Å². The van der Waals surface area contributed by atoms with E-state index in [-0.39, 0.29) is 0 Å². The van der Waals surface area contributed by atoms with Gasteiger partial charge in [-0.15, -0.1) is 11.3 Å². The standard InChI is InChI=1S/C11H14N4S/c1-2-12-5-4-10-8-16-11(15-10)9-3-6-13-14-7-9/h3,6-8,12H,2,4-5H2,1H3. The fourth-order valence-corrected chi connectivity index (χ4v) is 2.21. The summed E-state index contributed by atoms with van der Waals surface area (Å²) in [7, 11) is 0. The predicted octanol–water partition coefficient (Wildman–Crippen LogP) is 1.75. The molecule has 0 fully saturated rings. The van der Waals surface area contributed by atoms with Crippen molar-refractivity contribution in [2.75, 3.05) is 13.1 Å². The van der Waals surface area contributed by atoms with Crippen LogP contribution in [0.1, 0.15) is 12.6 Å². The van der Waals surface area contributed by atoms with Gasteiger partial charge in [0, 0.05) is 23.9 Å². The number of likely N-dealkylation sites (N-methyl/N-ethyl adjacent to an activating group) is 1. The Bertz CT molecular complexity index is 427. The van der Waals surface area contributed by atoms with Gasteiger partial charge in [0.2, 0.25) is 0 Å². The highest BCUT2D eigenvalue weighted by Crippen LogP contribution is 2.22. The molecule has 0 saturated carbocycles. The molecule has 2 aromatic rings. The molecule has 0 spiro atoms. The highest BCUT2D eigenvalue weighted by Gasteiger charge is 2.04. The van der Waals surface area contributed by atoms with Gasteiger partial charge in [-0.05, 0) is 12.6 Å². The molecule has 0 aliphatic rings. The Morgan fingerprint density at radius 3 is 3.06 bits per heavy atom. The van der Waals surface area contributed by atoms with Gasteiger partial charge in [-0.3, -0.25) is 0 Å². The monoisotopic (exact) mass is 234 g/mol. The van der Waals surface area contributed by atoms with Gasteiger partial charge in [-0.2, -0.15) is 10.2 Å². The van der Waals surface area contributed by atoms with Crippen LogP contribution in [0.3, 0.4) is 0 Å². The molecule has 0 radical (unpaired) electrons. The van der Waals surface area contributed by atoms with Crippen molar-refractivity contribution >= 4 is 11.3 Å². The Kier molecular flexibility index (Phi) is 3.96. The number of hydrogen-bond donors (Lipinski definition) is 1. The number of nitrogens with one attached hydrogen (secondary N) is 1. The second-order valence-corrected chi connectivity index (χ2v) is 4.24. The predicted molar refractivity (Wildman–Crippen MR) is 65.4 cm³/mol. The normalized spacial score (nSPS) is 10.6. The zero-order chi connectivity index (χ0) is 11.2. The summed E-state index contributed by atoms with van der Waals surface area (Å²) in [6.45, 7) is 4.09. The SMILES string of the molecule is CCNCCc1csc(-c2ccnnc2)n1. The van der Waals surface area contributed by atoms with E-state index >= 15 is 0 Å². The van der Waals surface area contributed by atoms with Crippen LogP contribution in [-0.2, 0) is 6.42 Å². The smallest absolute Gasteiger partial charge is 0.125 e. The number of nitrogens with zero attached hydrogens (tertiary/aromatic N) is 3. The van der Waals surface area contributed by atoms with Crippen LogP contribution in [0.5, 0.6) is 0 Å². The maximum atomic E-state index is 4.56. The summed E-state index contributed by atoms with van der Waals surface area (Å²) in [5.41, 5.74) is 2.17. The van der Waals surface area contributed by atoms with Crippen molar-refractivity contribution < 1.29 is 0 Å². The molecule has 2 heterocycles. The fourth-order valence-electron chi connectivity index (χ4n) is 1.36. The van der Waals surface area contributed by atoms with Crippen molar-refractivity contribution in [3.63, 3.8) is 0 Å². The van der Waals surface area contributed by atoms with Crippen molar-refractivity contribution in [1.29, 1.82) is 0 Å². The second kappa shape index (κ2) is 5.67. The average Bonchev–Trinajstić information content (AvgIpc) is 2.79. The van der Waals surface area contributed by atoms with Crippen LogP contribution in [0.4, 0.5) is 0 Å². The molecule has 4 nitrogen and oxygen atoms in total. The van der Waals surface area contributed by atoms with Gasteiger partial charge in [0.25, 0.3) is 0 Å². The molecule has 2 rings (SSSR count). The van der Waals surface area contributed by atoms with Gasteiger partial charge in [0.1, 0.15) is 5.01 Å². The molecule has 0 amide bonds. The zero-order valence-electron chi connectivity index (χ0n) is 9.18. The number of rotatable bonds is 5. The molecule has 84 valence electrons. The van der Waals surface area contributed by atoms with Crippen LogP contribution in [0, 0.1) is 0 Å². The van der Waals surface area contributed by atoms with Gasteiger partial charge < -0.3 is 5.32 Å². The molecule has 0 aromatic carbocycles. The lowest BCUT2D eigenvalue weighted by atomic mass is 10.3. The third kappa shape index (κ3) is 2.84. The Morgan fingerprint density at radius 2 is 2.31 bits per heavy atom. The van der Waals surface area contributed by atoms with Crippen molar-refractivity contribution in [3.8, 4) is 10.6 Å². The van der Waals surface area contributed by atoms with Crippen molar-refractivity contribution in [3.05, 3.63) is 29.5 Å². The van der Waals surface area contributed by atoms with Crippen LogP contribution in [0.15, 0.2) is 23.8 Å². The number of thiazole rings is 1. The van der Waals surface area contributed by atoms with E-state index in [9.17, 15) is 0 Å². The lowest BCUT2D eigenvalue weighted by molar-refractivity contribution is 0.710. The third-order valence-electron chi connectivity index (χ3n) is 2.19. The minimum Gasteiger partial charge on any atom is -0.317 e. The molecular weight excluding hydrogens is 220 g/mol. The minimum absolute atomic E-state index is 0.975. The quantitative estimate of drug-likeness (QED) is 0.801. The second-order valence-electron chi connectivity index (χ2n) is 3.38. The molecule has 16 heavy (non-hydrogen) atoms. The molecule has 0 aliphatic carbocycles. The van der Waals surface area contributed by atoms with Crippen molar-refractivity contribution in [1.82, 2.24) is 20.5 Å². The molecular formula is C11H14N4S. The summed E-state index contributed by atoms with van der Waals surface area (Å²) < 4.78 is 0. The van der Waals surface area contributed by atoms with Crippen LogP contribution < -0.4 is 5.32 Å². The van der Waals surface area contributed by atoms with E-state index in [0.717, 1.165) is 35.8 Å². The van der Waals surface area contributed by atoms with E-state index in [1.54, 1.807) is 23.7 Å². The first-order valence-electron chi connectivity index (χ1n) is 5.32. The molecule has 1 N–H and O–H groups in total. The Hall–Kier alpha value is -1.33. The summed E-state index contributed by atoms with van der Waals surface area (Å²) >= 11 is 1.65. The lowest BCUT2D eigenvalue weighted by Gasteiger charge is -1.97. The van der Waals surface area contributed by atoms with E-state index in [0.29, 0.717) is 0 Å². The van der Waals surface area contributed by atoms with Crippen molar-refractivity contribution in [2.45, 2.75) is 13.3 Å². The van der Waals surface area contributed by atoms with Gasteiger partial charge in [0.15, 0.2) is 0 Å². The number of aromatic nitrogens is 3. The lowest BCUT2D eigenvalue weighted by Crippen LogP contribution is -2.16. The largest absolute Gasteiger partial charge is 0.317 e. The maximum Gasteiger partial charge on any atom is 0.125 e. The van der Waals surface area contributed by atoms with Crippen LogP contribution >= 0.6 is 11.3 Å². The van der Waals surface area contributed by atoms with Crippen LogP contribution in [0.2, 0.25) is 0 Å². The van der Waals surface area contributed by atoms with E-state index in [4.69, 9.17) is 0 Å². The Morgan fingerprint density at radius 1 is 1.38 bits per heavy atom. The fraction of sp³-hybridized carbons (Fsp3) is 0.364. The first-order valence-corrected chi connectivity index (χ1v) is 6.20. The summed E-state index contributed by atoms with van der Waals surface area (Å²) in [4.78, 5) is 4.56. The molecule has 5 heteroatoms. The summed E-state index contributed by atoms with van der Waals surface area (Å²) in [6.07, 6.45) is 4.41. The van der Waals surface area contributed by atoms with E-state index in [1.165, 1.54) is 0 Å². The molecule has 2 aromatic heterocycles. The molecule has 0 saturated heterocycles. The molecule has 0 bridgehead atoms. The zero-order valence-corrected chi connectivity index (χ0v) is 10.00. The van der Waals surface area contributed by atoms with E-state index in [2.05, 4.69) is 32.8 Å². The topological polar surface area (TPSA) is 50.7 Å². The first kappa shape index (κ1) is 11.2. The first-order chi connectivity index (χ1) is 7.90. The average molecular weight is 234 g/mol.